The molecule has 54 heavy (non-hydrogen) atoms. The Morgan fingerprint density at radius 3 is 1.74 bits per heavy atom. The molecule has 0 spiro atoms. The van der Waals surface area contributed by atoms with E-state index in [-0.39, 0.29) is 17.5 Å². The second-order valence-electron chi connectivity index (χ2n) is 14.1. The molecule has 0 saturated heterocycles. The molecule has 7 nitrogen and oxygen atoms in total. The average Bonchev–Trinajstić information content (AvgIpc) is 3.21. The van der Waals surface area contributed by atoms with Crippen LogP contribution in [-0.4, -0.2) is 48.8 Å². The van der Waals surface area contributed by atoms with Crippen molar-refractivity contribution in [2.24, 2.45) is 0 Å². The SMILES string of the molecule is COc1cc(C(=O)C(=O)N2C(C(=O)NC(CCCc3ccccc3)CCCc3ccccc3)Cc3ccccc3C2Cc2ccccc2)cc(OC)c1C. The van der Waals surface area contributed by atoms with Crippen LogP contribution in [-0.2, 0) is 35.3 Å². The van der Waals surface area contributed by atoms with Crippen molar-refractivity contribution in [2.75, 3.05) is 14.2 Å². The summed E-state index contributed by atoms with van der Waals surface area (Å²) in [4.78, 5) is 45.4. The molecule has 0 bridgehead atoms. The van der Waals surface area contributed by atoms with Gasteiger partial charge in [-0.1, -0.05) is 115 Å². The summed E-state index contributed by atoms with van der Waals surface area (Å²) in [5.41, 5.74) is 6.34. The summed E-state index contributed by atoms with van der Waals surface area (Å²) in [5.74, 6) is -0.809. The van der Waals surface area contributed by atoms with Gasteiger partial charge in [0, 0.05) is 23.6 Å². The van der Waals surface area contributed by atoms with Gasteiger partial charge in [-0.2, -0.15) is 0 Å². The fourth-order valence-electron chi connectivity index (χ4n) is 7.71. The van der Waals surface area contributed by atoms with Crippen LogP contribution in [0.1, 0.15) is 75.5 Å². The number of carbonyl (C=O) groups excluding carboxylic acids is 3. The van der Waals surface area contributed by atoms with Crippen LogP contribution in [0.15, 0.2) is 127 Å². The first kappa shape index (κ1) is 38.0. The van der Waals surface area contributed by atoms with E-state index >= 15 is 0 Å². The molecule has 2 amide bonds. The third-order valence-corrected chi connectivity index (χ3v) is 10.6. The lowest BCUT2D eigenvalue weighted by Gasteiger charge is -2.43. The van der Waals surface area contributed by atoms with Crippen molar-refractivity contribution in [3.8, 4) is 11.5 Å². The molecule has 1 aliphatic heterocycles. The number of fused-ring (bicyclic) bond motifs is 1. The number of aryl methyl sites for hydroxylation is 2. The third-order valence-electron chi connectivity index (χ3n) is 10.6. The predicted octanol–water partition coefficient (Wildman–Crippen LogP) is 8.46. The van der Waals surface area contributed by atoms with Gasteiger partial charge in [0.15, 0.2) is 0 Å². The zero-order valence-electron chi connectivity index (χ0n) is 31.5. The van der Waals surface area contributed by atoms with E-state index in [9.17, 15) is 14.4 Å². The molecule has 2 unspecified atom stereocenters. The normalized spacial score (nSPS) is 15.0. The van der Waals surface area contributed by atoms with Crippen molar-refractivity contribution >= 4 is 17.6 Å². The number of nitrogens with zero attached hydrogens (tertiary/aromatic N) is 1. The van der Waals surface area contributed by atoms with E-state index in [1.165, 1.54) is 25.3 Å². The Bertz CT molecular complexity index is 1940. The van der Waals surface area contributed by atoms with Crippen molar-refractivity contribution < 1.29 is 23.9 Å². The van der Waals surface area contributed by atoms with Gasteiger partial charge in [0.1, 0.15) is 17.5 Å². The Hall–Kier alpha value is -5.69. The molecule has 5 aromatic carbocycles. The molecule has 1 aliphatic rings. The summed E-state index contributed by atoms with van der Waals surface area (Å²) >= 11 is 0. The average molecular weight is 723 g/mol. The molecule has 1 N–H and O–H groups in total. The maximum absolute atomic E-state index is 14.8. The van der Waals surface area contributed by atoms with Crippen LogP contribution in [0.3, 0.4) is 0 Å². The summed E-state index contributed by atoms with van der Waals surface area (Å²) in [5, 5.41) is 3.40. The van der Waals surface area contributed by atoms with E-state index < -0.39 is 23.8 Å². The second kappa shape index (κ2) is 18.4. The Morgan fingerprint density at radius 1 is 0.704 bits per heavy atom. The van der Waals surface area contributed by atoms with Gasteiger partial charge in [0.2, 0.25) is 5.91 Å². The van der Waals surface area contributed by atoms with Crippen LogP contribution in [0.4, 0.5) is 0 Å². The number of Topliss-reactive ketones (excluding diaryl/α,β-unsaturated/α-hetero) is 1. The van der Waals surface area contributed by atoms with Crippen LogP contribution < -0.4 is 14.8 Å². The van der Waals surface area contributed by atoms with Gasteiger partial charge in [-0.25, -0.2) is 0 Å². The summed E-state index contributed by atoms with van der Waals surface area (Å²) in [6.07, 6.45) is 5.95. The highest BCUT2D eigenvalue weighted by Gasteiger charge is 2.43. The molecule has 0 aromatic heterocycles. The van der Waals surface area contributed by atoms with Gasteiger partial charge in [0.25, 0.3) is 11.7 Å². The second-order valence-corrected chi connectivity index (χ2v) is 14.1. The minimum atomic E-state index is -0.898. The molecule has 278 valence electrons. The lowest BCUT2D eigenvalue weighted by atomic mass is 9.84. The monoisotopic (exact) mass is 722 g/mol. The number of methoxy groups -OCH3 is 2. The fourth-order valence-corrected chi connectivity index (χ4v) is 7.71. The molecule has 0 radical (unpaired) electrons. The highest BCUT2D eigenvalue weighted by molar-refractivity contribution is 6.43. The summed E-state index contributed by atoms with van der Waals surface area (Å²) in [7, 11) is 3.04. The van der Waals surface area contributed by atoms with Crippen molar-refractivity contribution in [1.29, 1.82) is 0 Å². The molecular weight excluding hydrogens is 673 g/mol. The highest BCUT2D eigenvalue weighted by atomic mass is 16.5. The Morgan fingerprint density at radius 2 is 1.20 bits per heavy atom. The summed E-state index contributed by atoms with van der Waals surface area (Å²) < 4.78 is 11.1. The predicted molar refractivity (Wildman–Crippen MR) is 213 cm³/mol. The van der Waals surface area contributed by atoms with Gasteiger partial charge < -0.3 is 19.7 Å². The lowest BCUT2D eigenvalue weighted by molar-refractivity contribution is -0.141. The number of benzene rings is 5. The van der Waals surface area contributed by atoms with Crippen LogP contribution in [0.25, 0.3) is 0 Å². The standard InChI is InChI=1S/C47H50N2O5/c1-33-43(53-2)31-38(32-44(33)54-3)45(50)47(52)49-41(29-36-21-11-6-12-22-36)40-28-14-13-25-37(40)30-42(49)46(51)48-39(26-15-23-34-17-7-4-8-18-34)27-16-24-35-19-9-5-10-20-35/h4-14,17-22,25,28,31-32,39,41-42H,15-16,23-24,26-27,29-30H2,1-3H3,(H,48,51). The van der Waals surface area contributed by atoms with E-state index in [0.717, 1.165) is 60.8 Å². The number of hydrogen-bond donors (Lipinski definition) is 1. The number of amides is 2. The van der Waals surface area contributed by atoms with Crippen LogP contribution >= 0.6 is 0 Å². The zero-order valence-corrected chi connectivity index (χ0v) is 31.5. The minimum Gasteiger partial charge on any atom is -0.496 e. The first-order valence-corrected chi connectivity index (χ1v) is 19.0. The maximum Gasteiger partial charge on any atom is 0.296 e. The van der Waals surface area contributed by atoms with Crippen LogP contribution in [0.5, 0.6) is 11.5 Å². The molecule has 1 heterocycles. The van der Waals surface area contributed by atoms with E-state index in [2.05, 4.69) is 53.8 Å². The quantitative estimate of drug-likeness (QED) is 0.0817. The van der Waals surface area contributed by atoms with Gasteiger partial charge >= 0.3 is 0 Å². The van der Waals surface area contributed by atoms with Gasteiger partial charge in [-0.15, -0.1) is 0 Å². The number of rotatable bonds is 16. The Kier molecular flexibility index (Phi) is 12.9. The van der Waals surface area contributed by atoms with Crippen LogP contribution in [0, 0.1) is 6.92 Å². The zero-order chi connectivity index (χ0) is 37.9. The molecular formula is C47H50N2O5. The number of nitrogens with one attached hydrogen (secondary N) is 1. The third kappa shape index (κ3) is 9.26. The maximum atomic E-state index is 14.8. The Labute approximate surface area is 319 Å². The first-order chi connectivity index (χ1) is 26.4. The van der Waals surface area contributed by atoms with Crippen molar-refractivity contribution in [3.63, 3.8) is 0 Å². The van der Waals surface area contributed by atoms with Crippen molar-refractivity contribution in [2.45, 2.75) is 76.4 Å². The van der Waals surface area contributed by atoms with Crippen LogP contribution in [0.2, 0.25) is 0 Å². The van der Waals surface area contributed by atoms with Gasteiger partial charge in [0.05, 0.1) is 20.3 Å². The number of carbonyl (C=O) groups is 3. The number of hydrogen-bond acceptors (Lipinski definition) is 5. The minimum absolute atomic E-state index is 0.104. The van der Waals surface area contributed by atoms with E-state index in [0.29, 0.717) is 24.3 Å². The molecule has 6 rings (SSSR count). The van der Waals surface area contributed by atoms with Crippen molar-refractivity contribution in [1.82, 2.24) is 10.2 Å². The van der Waals surface area contributed by atoms with Gasteiger partial charge in [-0.05, 0) is 91.8 Å². The summed E-state index contributed by atoms with van der Waals surface area (Å²) in [6.45, 7) is 1.84. The molecule has 0 fully saturated rings. The highest BCUT2D eigenvalue weighted by Crippen LogP contribution is 2.37. The van der Waals surface area contributed by atoms with E-state index in [1.54, 1.807) is 17.0 Å². The number of ketones is 1. The molecule has 7 heteroatoms. The fraction of sp³-hybridized carbons (Fsp3) is 0.298. The molecule has 2 atom stereocenters. The topological polar surface area (TPSA) is 84.9 Å². The lowest BCUT2D eigenvalue weighted by Crippen LogP contribution is -2.57. The number of ether oxygens (including phenoxy) is 2. The van der Waals surface area contributed by atoms with Crippen molar-refractivity contribution in [3.05, 3.63) is 166 Å². The van der Waals surface area contributed by atoms with Gasteiger partial charge in [-0.3, -0.25) is 14.4 Å². The Balaban J connectivity index is 1.32. The molecule has 0 aliphatic carbocycles. The molecule has 0 saturated carbocycles. The summed E-state index contributed by atoms with van der Waals surface area (Å²) in [6, 6.07) is 40.3. The largest absolute Gasteiger partial charge is 0.496 e. The molecule has 5 aromatic rings. The van der Waals surface area contributed by atoms with E-state index in [4.69, 9.17) is 9.47 Å². The van der Waals surface area contributed by atoms with E-state index in [1.807, 2.05) is 73.7 Å². The smallest absolute Gasteiger partial charge is 0.296 e. The first-order valence-electron chi connectivity index (χ1n) is 19.0.